The van der Waals surface area contributed by atoms with Crippen LogP contribution in [0.2, 0.25) is 0 Å². The van der Waals surface area contributed by atoms with Crippen LogP contribution in [0.1, 0.15) is 18.4 Å². The number of rotatable bonds is 7. The normalized spacial score (nSPS) is 17.2. The second-order valence-electron chi connectivity index (χ2n) is 5.58. The van der Waals surface area contributed by atoms with Gasteiger partial charge in [-0.1, -0.05) is 30.3 Å². The lowest BCUT2D eigenvalue weighted by Gasteiger charge is -2.27. The summed E-state index contributed by atoms with van der Waals surface area (Å²) in [5.74, 6) is 0.494. The Labute approximate surface area is 127 Å². The highest BCUT2D eigenvalue weighted by Gasteiger charge is 2.26. The minimum Gasteiger partial charge on any atom is -0.329 e. The Morgan fingerprint density at radius 1 is 1.19 bits per heavy atom. The van der Waals surface area contributed by atoms with Crippen molar-refractivity contribution < 1.29 is 8.42 Å². The summed E-state index contributed by atoms with van der Waals surface area (Å²) in [5.41, 5.74) is 6.60. The molecular formula is C15H25N3O2S. The SMILES string of the molecule is NCCN(Cc1ccccc1)S(=O)(=O)CC1CCNCC1. The Morgan fingerprint density at radius 2 is 1.86 bits per heavy atom. The first-order valence-corrected chi connectivity index (χ1v) is 9.15. The fourth-order valence-electron chi connectivity index (χ4n) is 2.70. The van der Waals surface area contributed by atoms with E-state index in [1.165, 1.54) is 4.31 Å². The molecule has 1 saturated heterocycles. The number of hydrogen-bond donors (Lipinski definition) is 2. The maximum absolute atomic E-state index is 12.6. The molecule has 1 aliphatic rings. The predicted octanol–water partition coefficient (Wildman–Crippen LogP) is 0.777. The summed E-state index contributed by atoms with van der Waals surface area (Å²) in [6.45, 7) is 2.96. The third kappa shape index (κ3) is 5.07. The van der Waals surface area contributed by atoms with E-state index in [4.69, 9.17) is 5.73 Å². The van der Waals surface area contributed by atoms with E-state index in [0.29, 0.717) is 19.6 Å². The summed E-state index contributed by atoms with van der Waals surface area (Å²) in [6.07, 6.45) is 1.86. The van der Waals surface area contributed by atoms with Gasteiger partial charge in [-0.3, -0.25) is 0 Å². The number of nitrogens with one attached hydrogen (secondary N) is 1. The van der Waals surface area contributed by atoms with E-state index in [0.717, 1.165) is 31.5 Å². The zero-order chi connectivity index (χ0) is 15.1. The molecular weight excluding hydrogens is 286 g/mol. The van der Waals surface area contributed by atoms with Gasteiger partial charge in [0.25, 0.3) is 0 Å². The van der Waals surface area contributed by atoms with E-state index in [-0.39, 0.29) is 11.7 Å². The van der Waals surface area contributed by atoms with Crippen LogP contribution in [0.3, 0.4) is 0 Å². The maximum atomic E-state index is 12.6. The van der Waals surface area contributed by atoms with Crippen LogP contribution in [0, 0.1) is 5.92 Å². The zero-order valence-corrected chi connectivity index (χ0v) is 13.2. The van der Waals surface area contributed by atoms with Crippen molar-refractivity contribution in [3.63, 3.8) is 0 Å². The molecule has 0 spiro atoms. The molecule has 1 fully saturated rings. The number of hydrogen-bond acceptors (Lipinski definition) is 4. The number of sulfonamides is 1. The average molecular weight is 311 g/mol. The third-order valence-electron chi connectivity index (χ3n) is 3.88. The lowest BCUT2D eigenvalue weighted by molar-refractivity contribution is 0.375. The van der Waals surface area contributed by atoms with Crippen molar-refractivity contribution in [2.75, 3.05) is 31.9 Å². The molecule has 0 aromatic heterocycles. The van der Waals surface area contributed by atoms with E-state index in [1.807, 2.05) is 30.3 Å². The molecule has 0 bridgehead atoms. The number of nitrogens with two attached hydrogens (primary N) is 1. The van der Waals surface area contributed by atoms with Gasteiger partial charge < -0.3 is 11.1 Å². The van der Waals surface area contributed by atoms with Gasteiger partial charge in [-0.25, -0.2) is 8.42 Å². The van der Waals surface area contributed by atoms with Gasteiger partial charge in [-0.05, 0) is 37.4 Å². The standard InChI is InChI=1S/C15H25N3O2S/c16-8-11-18(12-14-4-2-1-3-5-14)21(19,20)13-15-6-9-17-10-7-15/h1-5,15,17H,6-13,16H2. The first-order valence-electron chi connectivity index (χ1n) is 7.54. The largest absolute Gasteiger partial charge is 0.329 e. The zero-order valence-electron chi connectivity index (χ0n) is 12.4. The Kier molecular flexibility index (Phi) is 6.17. The number of piperidine rings is 1. The molecule has 1 aromatic carbocycles. The van der Waals surface area contributed by atoms with Crippen LogP contribution in [0.5, 0.6) is 0 Å². The summed E-state index contributed by atoms with van der Waals surface area (Å²) in [7, 11) is -3.26. The van der Waals surface area contributed by atoms with Crippen molar-refractivity contribution >= 4 is 10.0 Å². The topological polar surface area (TPSA) is 75.4 Å². The van der Waals surface area contributed by atoms with E-state index in [9.17, 15) is 8.42 Å². The molecule has 1 aromatic rings. The summed E-state index contributed by atoms with van der Waals surface area (Å²) in [5, 5.41) is 3.27. The van der Waals surface area contributed by atoms with Crippen molar-refractivity contribution in [2.24, 2.45) is 11.7 Å². The second-order valence-corrected chi connectivity index (χ2v) is 7.59. The van der Waals surface area contributed by atoms with Crippen molar-refractivity contribution in [3.8, 4) is 0 Å². The van der Waals surface area contributed by atoms with Gasteiger partial charge in [0.15, 0.2) is 0 Å². The monoisotopic (exact) mass is 311 g/mol. The van der Waals surface area contributed by atoms with Gasteiger partial charge in [0.1, 0.15) is 0 Å². The molecule has 0 amide bonds. The molecule has 0 unspecified atom stereocenters. The van der Waals surface area contributed by atoms with Gasteiger partial charge >= 0.3 is 0 Å². The van der Waals surface area contributed by atoms with Gasteiger partial charge in [0, 0.05) is 19.6 Å². The van der Waals surface area contributed by atoms with Crippen molar-refractivity contribution in [1.82, 2.24) is 9.62 Å². The van der Waals surface area contributed by atoms with Crippen LogP contribution in [0.4, 0.5) is 0 Å². The second kappa shape index (κ2) is 7.89. The van der Waals surface area contributed by atoms with Gasteiger partial charge in [0.05, 0.1) is 5.75 Å². The van der Waals surface area contributed by atoms with Crippen LogP contribution < -0.4 is 11.1 Å². The highest BCUT2D eigenvalue weighted by molar-refractivity contribution is 7.89. The van der Waals surface area contributed by atoms with Crippen molar-refractivity contribution in [3.05, 3.63) is 35.9 Å². The minimum absolute atomic E-state index is 0.238. The first-order chi connectivity index (χ1) is 10.1. The molecule has 118 valence electrons. The first kappa shape index (κ1) is 16.4. The Balaban J connectivity index is 2.04. The lowest BCUT2D eigenvalue weighted by Crippen LogP contribution is -2.40. The summed E-state index contributed by atoms with van der Waals surface area (Å²) < 4.78 is 26.8. The Bertz CT molecular complexity index is 513. The quantitative estimate of drug-likeness (QED) is 0.780. The van der Waals surface area contributed by atoms with Gasteiger partial charge in [0.2, 0.25) is 10.0 Å². The Morgan fingerprint density at radius 3 is 2.48 bits per heavy atom. The van der Waals surface area contributed by atoms with Crippen molar-refractivity contribution in [1.29, 1.82) is 0 Å². The van der Waals surface area contributed by atoms with Crippen LogP contribution >= 0.6 is 0 Å². The lowest BCUT2D eigenvalue weighted by atomic mass is 10.0. The van der Waals surface area contributed by atoms with E-state index in [1.54, 1.807) is 0 Å². The Hall–Kier alpha value is -0.950. The average Bonchev–Trinajstić information content (AvgIpc) is 2.48. The summed E-state index contributed by atoms with van der Waals surface area (Å²) >= 11 is 0. The fraction of sp³-hybridized carbons (Fsp3) is 0.600. The van der Waals surface area contributed by atoms with Gasteiger partial charge in [-0.15, -0.1) is 0 Å². The summed E-state index contributed by atoms with van der Waals surface area (Å²) in [6, 6.07) is 9.68. The molecule has 1 heterocycles. The minimum atomic E-state index is -3.26. The summed E-state index contributed by atoms with van der Waals surface area (Å²) in [4.78, 5) is 0. The molecule has 0 atom stereocenters. The van der Waals surface area contributed by atoms with Crippen LogP contribution in [0.25, 0.3) is 0 Å². The molecule has 0 aliphatic carbocycles. The molecule has 21 heavy (non-hydrogen) atoms. The molecule has 1 aliphatic heterocycles. The molecule has 6 heteroatoms. The highest BCUT2D eigenvalue weighted by Crippen LogP contribution is 2.18. The number of benzene rings is 1. The van der Waals surface area contributed by atoms with Crippen LogP contribution in [-0.4, -0.2) is 44.7 Å². The number of nitrogens with zero attached hydrogens (tertiary/aromatic N) is 1. The van der Waals surface area contributed by atoms with E-state index in [2.05, 4.69) is 5.32 Å². The van der Waals surface area contributed by atoms with E-state index < -0.39 is 10.0 Å². The molecule has 3 N–H and O–H groups in total. The predicted molar refractivity (Wildman–Crippen MR) is 85.3 cm³/mol. The maximum Gasteiger partial charge on any atom is 0.214 e. The van der Waals surface area contributed by atoms with Crippen LogP contribution in [0.15, 0.2) is 30.3 Å². The smallest absolute Gasteiger partial charge is 0.214 e. The van der Waals surface area contributed by atoms with Gasteiger partial charge in [-0.2, -0.15) is 4.31 Å². The van der Waals surface area contributed by atoms with Crippen molar-refractivity contribution in [2.45, 2.75) is 19.4 Å². The molecule has 5 nitrogen and oxygen atoms in total. The third-order valence-corrected chi connectivity index (χ3v) is 5.87. The molecule has 0 saturated carbocycles. The highest BCUT2D eigenvalue weighted by atomic mass is 32.2. The molecule has 0 radical (unpaired) electrons. The fourth-order valence-corrected chi connectivity index (χ4v) is 4.57. The van der Waals surface area contributed by atoms with Crippen LogP contribution in [-0.2, 0) is 16.6 Å². The molecule has 2 rings (SSSR count). The van der Waals surface area contributed by atoms with E-state index >= 15 is 0 Å².